The maximum Gasteiger partial charge on any atom is 0.325 e. The Morgan fingerprint density at radius 2 is 2.00 bits per heavy atom. The fourth-order valence-electron chi connectivity index (χ4n) is 2.84. The molecule has 144 valence electrons. The van der Waals surface area contributed by atoms with Crippen LogP contribution in [0.5, 0.6) is 11.5 Å². The second-order valence-electron chi connectivity index (χ2n) is 6.32. The number of benzene rings is 1. The molecule has 1 aromatic carbocycles. The Hall–Kier alpha value is -3.30. The largest absolute Gasteiger partial charge is 0.454 e. The van der Waals surface area contributed by atoms with Crippen molar-refractivity contribution in [3.8, 4) is 11.5 Å². The average Bonchev–Trinajstić information content (AvgIpc) is 3.18. The number of carbonyl (C=O) groups excluding carboxylic acids is 4. The van der Waals surface area contributed by atoms with Crippen molar-refractivity contribution in [2.24, 2.45) is 0 Å². The van der Waals surface area contributed by atoms with Gasteiger partial charge in [0.1, 0.15) is 12.1 Å². The molecule has 0 bridgehead atoms. The van der Waals surface area contributed by atoms with Gasteiger partial charge in [0, 0.05) is 6.54 Å². The molecule has 1 fully saturated rings. The lowest BCUT2D eigenvalue weighted by Gasteiger charge is -2.22. The van der Waals surface area contributed by atoms with Gasteiger partial charge in [0.05, 0.1) is 0 Å². The average molecular weight is 376 g/mol. The van der Waals surface area contributed by atoms with Crippen LogP contribution in [0.25, 0.3) is 0 Å². The SMILES string of the molecule is CCCNC(=O)NC(=O)CN1C(=O)N[C@](C)(c2ccc3c(c2)OCO3)C1=O. The zero-order valence-corrected chi connectivity index (χ0v) is 15.0. The van der Waals surface area contributed by atoms with Gasteiger partial charge in [-0.1, -0.05) is 13.0 Å². The maximum atomic E-state index is 12.8. The Morgan fingerprint density at radius 1 is 1.26 bits per heavy atom. The molecule has 0 aliphatic carbocycles. The first-order valence-corrected chi connectivity index (χ1v) is 8.47. The Kier molecular flexibility index (Phi) is 4.89. The van der Waals surface area contributed by atoms with Crippen molar-refractivity contribution in [1.82, 2.24) is 20.9 Å². The van der Waals surface area contributed by atoms with Crippen LogP contribution in [0.1, 0.15) is 25.8 Å². The molecule has 0 spiro atoms. The minimum absolute atomic E-state index is 0.0855. The smallest absolute Gasteiger partial charge is 0.325 e. The molecular formula is C17H20N4O6. The minimum Gasteiger partial charge on any atom is -0.454 e. The summed E-state index contributed by atoms with van der Waals surface area (Å²) in [6, 6.07) is 3.52. The van der Waals surface area contributed by atoms with Crippen LogP contribution in [0, 0.1) is 0 Å². The van der Waals surface area contributed by atoms with Crippen LogP contribution in [0.3, 0.4) is 0 Å². The van der Waals surface area contributed by atoms with E-state index < -0.39 is 36.0 Å². The van der Waals surface area contributed by atoms with E-state index in [-0.39, 0.29) is 6.79 Å². The number of amides is 6. The summed E-state index contributed by atoms with van der Waals surface area (Å²) in [6.07, 6.45) is 0.711. The second-order valence-corrected chi connectivity index (χ2v) is 6.32. The van der Waals surface area contributed by atoms with Gasteiger partial charge in [-0.25, -0.2) is 9.59 Å². The number of nitrogens with one attached hydrogen (secondary N) is 3. The molecule has 0 radical (unpaired) electrons. The van der Waals surface area contributed by atoms with E-state index in [0.29, 0.717) is 30.0 Å². The molecule has 0 unspecified atom stereocenters. The Labute approximate surface area is 155 Å². The molecule has 2 aliphatic rings. The lowest BCUT2D eigenvalue weighted by molar-refractivity contribution is -0.134. The van der Waals surface area contributed by atoms with Gasteiger partial charge in [0.25, 0.3) is 5.91 Å². The quantitative estimate of drug-likeness (QED) is 0.640. The number of hydrogen-bond donors (Lipinski definition) is 3. The molecule has 2 heterocycles. The fraction of sp³-hybridized carbons (Fsp3) is 0.412. The van der Waals surface area contributed by atoms with Gasteiger partial charge >= 0.3 is 12.1 Å². The summed E-state index contributed by atoms with van der Waals surface area (Å²) in [6.45, 7) is 3.33. The Morgan fingerprint density at radius 3 is 2.74 bits per heavy atom. The summed E-state index contributed by atoms with van der Waals surface area (Å²) < 4.78 is 10.5. The molecule has 3 rings (SSSR count). The summed E-state index contributed by atoms with van der Waals surface area (Å²) in [7, 11) is 0. The minimum atomic E-state index is -1.36. The number of hydrogen-bond acceptors (Lipinski definition) is 6. The molecule has 3 N–H and O–H groups in total. The number of imide groups is 2. The van der Waals surface area contributed by atoms with Crippen molar-refractivity contribution in [1.29, 1.82) is 0 Å². The van der Waals surface area contributed by atoms with E-state index in [9.17, 15) is 19.2 Å². The highest BCUT2D eigenvalue weighted by atomic mass is 16.7. The van der Waals surface area contributed by atoms with E-state index in [1.807, 2.05) is 6.92 Å². The van der Waals surface area contributed by atoms with Crippen LogP contribution in [0.2, 0.25) is 0 Å². The van der Waals surface area contributed by atoms with Crippen molar-refractivity contribution in [3.63, 3.8) is 0 Å². The van der Waals surface area contributed by atoms with Crippen LogP contribution in [0.4, 0.5) is 9.59 Å². The third kappa shape index (κ3) is 3.50. The van der Waals surface area contributed by atoms with Gasteiger partial charge in [-0.2, -0.15) is 0 Å². The fourth-order valence-corrected chi connectivity index (χ4v) is 2.84. The number of urea groups is 2. The highest BCUT2D eigenvalue weighted by Gasteiger charge is 2.50. The normalized spacial score (nSPS) is 20.4. The monoisotopic (exact) mass is 376 g/mol. The summed E-state index contributed by atoms with van der Waals surface area (Å²) in [5, 5.41) is 7.15. The van der Waals surface area contributed by atoms with Crippen LogP contribution in [-0.4, -0.2) is 48.7 Å². The number of ether oxygens (including phenoxy) is 2. The molecule has 1 atom stereocenters. The first kappa shape index (κ1) is 18.5. The molecule has 1 aromatic rings. The van der Waals surface area contributed by atoms with E-state index in [2.05, 4.69) is 16.0 Å². The van der Waals surface area contributed by atoms with Crippen LogP contribution in [0.15, 0.2) is 18.2 Å². The van der Waals surface area contributed by atoms with Gasteiger partial charge in [-0.15, -0.1) is 0 Å². The predicted octanol–water partition coefficient (Wildman–Crippen LogP) is 0.418. The Bertz CT molecular complexity index is 811. The molecule has 1 saturated heterocycles. The molecule has 27 heavy (non-hydrogen) atoms. The third-order valence-electron chi connectivity index (χ3n) is 4.32. The van der Waals surface area contributed by atoms with Crippen molar-refractivity contribution in [2.75, 3.05) is 19.9 Å². The van der Waals surface area contributed by atoms with Crippen molar-refractivity contribution in [2.45, 2.75) is 25.8 Å². The van der Waals surface area contributed by atoms with Gasteiger partial charge in [0.2, 0.25) is 12.7 Å². The molecule has 10 nitrogen and oxygen atoms in total. The van der Waals surface area contributed by atoms with E-state index in [4.69, 9.17) is 9.47 Å². The zero-order valence-electron chi connectivity index (χ0n) is 15.0. The lowest BCUT2D eigenvalue weighted by Crippen LogP contribution is -2.47. The number of nitrogens with zero attached hydrogens (tertiary/aromatic N) is 1. The van der Waals surface area contributed by atoms with E-state index in [1.165, 1.54) is 6.92 Å². The van der Waals surface area contributed by atoms with Crippen LogP contribution in [-0.2, 0) is 15.1 Å². The number of carbonyl (C=O) groups is 4. The Balaban J connectivity index is 1.71. The van der Waals surface area contributed by atoms with Gasteiger partial charge in [-0.3, -0.25) is 19.8 Å². The van der Waals surface area contributed by atoms with Gasteiger partial charge in [0.15, 0.2) is 11.5 Å². The van der Waals surface area contributed by atoms with E-state index in [0.717, 1.165) is 4.90 Å². The van der Waals surface area contributed by atoms with Gasteiger partial charge < -0.3 is 20.1 Å². The predicted molar refractivity (Wildman–Crippen MR) is 92.0 cm³/mol. The highest BCUT2D eigenvalue weighted by molar-refractivity contribution is 6.10. The summed E-state index contributed by atoms with van der Waals surface area (Å²) in [5.41, 5.74) is -0.864. The molecule has 2 aliphatic heterocycles. The van der Waals surface area contributed by atoms with Crippen molar-refractivity contribution >= 4 is 23.9 Å². The topological polar surface area (TPSA) is 126 Å². The number of fused-ring (bicyclic) bond motifs is 1. The first-order chi connectivity index (χ1) is 12.8. The highest BCUT2D eigenvalue weighted by Crippen LogP contribution is 2.37. The standard InChI is InChI=1S/C17H20N4O6/c1-3-6-18-15(24)19-13(22)8-21-14(23)17(2,20-16(21)25)10-4-5-11-12(7-10)27-9-26-11/h4-5,7H,3,6,8-9H2,1-2H3,(H,20,25)(H2,18,19,22,24)/t17-/m1/s1. The second kappa shape index (κ2) is 7.14. The summed E-state index contributed by atoms with van der Waals surface area (Å²) in [4.78, 5) is 49.4. The van der Waals surface area contributed by atoms with Crippen molar-refractivity contribution < 1.29 is 28.7 Å². The van der Waals surface area contributed by atoms with Crippen molar-refractivity contribution in [3.05, 3.63) is 23.8 Å². The maximum absolute atomic E-state index is 12.8. The van der Waals surface area contributed by atoms with Crippen LogP contribution < -0.4 is 25.4 Å². The van der Waals surface area contributed by atoms with E-state index >= 15 is 0 Å². The molecule has 6 amide bonds. The summed E-state index contributed by atoms with van der Waals surface area (Å²) >= 11 is 0. The van der Waals surface area contributed by atoms with E-state index in [1.54, 1.807) is 18.2 Å². The van der Waals surface area contributed by atoms with Gasteiger partial charge in [-0.05, 0) is 31.0 Å². The molecule has 0 aromatic heterocycles. The number of rotatable bonds is 5. The lowest BCUT2D eigenvalue weighted by atomic mass is 9.91. The van der Waals surface area contributed by atoms with Crippen LogP contribution >= 0.6 is 0 Å². The third-order valence-corrected chi connectivity index (χ3v) is 4.32. The summed E-state index contributed by atoms with van der Waals surface area (Å²) in [5.74, 6) is -0.342. The molecule has 10 heteroatoms. The first-order valence-electron chi connectivity index (χ1n) is 8.47. The zero-order chi connectivity index (χ0) is 19.6. The molecule has 0 saturated carbocycles. The molecular weight excluding hydrogens is 356 g/mol.